The first kappa shape index (κ1) is 14.8. The van der Waals surface area contributed by atoms with Crippen molar-refractivity contribution < 1.29 is 4.79 Å². The quantitative estimate of drug-likeness (QED) is 0.867. The number of rotatable bonds is 3. The SMILES string of the molecule is Cc1ccc2c(c1)SC(C(=O)N(C)Cc1nnc3n1CCC3)C2. The monoisotopic (exact) mass is 328 g/mol. The molecule has 1 atom stereocenters. The highest BCUT2D eigenvalue weighted by Gasteiger charge is 2.31. The van der Waals surface area contributed by atoms with Gasteiger partial charge in [-0.25, -0.2) is 0 Å². The third-order valence-corrected chi connectivity index (χ3v) is 5.90. The third kappa shape index (κ3) is 2.65. The zero-order valence-electron chi connectivity index (χ0n) is 13.5. The number of fused-ring (bicyclic) bond motifs is 2. The van der Waals surface area contributed by atoms with Crippen LogP contribution in [0.5, 0.6) is 0 Å². The molecule has 2 aromatic rings. The second kappa shape index (κ2) is 5.67. The van der Waals surface area contributed by atoms with E-state index < -0.39 is 0 Å². The first-order valence-electron chi connectivity index (χ1n) is 8.04. The van der Waals surface area contributed by atoms with Crippen LogP contribution in [0.2, 0.25) is 0 Å². The molecular weight excluding hydrogens is 308 g/mol. The number of nitrogens with zero attached hydrogens (tertiary/aromatic N) is 4. The Kier molecular flexibility index (Phi) is 3.64. The van der Waals surface area contributed by atoms with Gasteiger partial charge in [0.25, 0.3) is 0 Å². The molecule has 1 aromatic carbocycles. The molecule has 23 heavy (non-hydrogen) atoms. The molecule has 1 amide bonds. The van der Waals surface area contributed by atoms with E-state index >= 15 is 0 Å². The van der Waals surface area contributed by atoms with E-state index in [-0.39, 0.29) is 11.2 Å². The van der Waals surface area contributed by atoms with Gasteiger partial charge >= 0.3 is 0 Å². The number of hydrogen-bond acceptors (Lipinski definition) is 4. The molecule has 0 saturated heterocycles. The Balaban J connectivity index is 1.45. The van der Waals surface area contributed by atoms with Gasteiger partial charge in [0.1, 0.15) is 5.82 Å². The lowest BCUT2D eigenvalue weighted by molar-refractivity contribution is -0.129. The van der Waals surface area contributed by atoms with Crippen molar-refractivity contribution in [2.75, 3.05) is 7.05 Å². The summed E-state index contributed by atoms with van der Waals surface area (Å²) < 4.78 is 2.16. The Morgan fingerprint density at radius 3 is 3.17 bits per heavy atom. The zero-order valence-corrected chi connectivity index (χ0v) is 14.3. The molecule has 1 aromatic heterocycles. The summed E-state index contributed by atoms with van der Waals surface area (Å²) in [7, 11) is 1.87. The molecule has 6 heteroatoms. The Morgan fingerprint density at radius 1 is 1.43 bits per heavy atom. The maximum absolute atomic E-state index is 12.8. The molecule has 0 fully saturated rings. The lowest BCUT2D eigenvalue weighted by atomic mass is 10.1. The van der Waals surface area contributed by atoms with Crippen LogP contribution in [0.15, 0.2) is 23.1 Å². The highest BCUT2D eigenvalue weighted by atomic mass is 32.2. The summed E-state index contributed by atoms with van der Waals surface area (Å²) in [5.74, 6) is 2.14. The zero-order chi connectivity index (χ0) is 16.0. The summed E-state index contributed by atoms with van der Waals surface area (Å²) in [6, 6.07) is 6.45. The van der Waals surface area contributed by atoms with Crippen molar-refractivity contribution >= 4 is 17.7 Å². The van der Waals surface area contributed by atoms with Gasteiger partial charge in [0, 0.05) is 24.9 Å². The summed E-state index contributed by atoms with van der Waals surface area (Å²) >= 11 is 1.69. The van der Waals surface area contributed by atoms with Crippen LogP contribution in [-0.4, -0.2) is 37.9 Å². The standard InChI is InChI=1S/C17H20N4OS/c1-11-5-6-12-9-14(23-13(12)8-11)17(22)20(2)10-16-19-18-15-4-3-7-21(15)16/h5-6,8,14H,3-4,7,9-10H2,1-2H3. The number of hydrogen-bond donors (Lipinski definition) is 0. The minimum absolute atomic E-state index is 0.0160. The number of aryl methyl sites for hydroxylation is 2. The van der Waals surface area contributed by atoms with Crippen molar-refractivity contribution in [1.29, 1.82) is 0 Å². The van der Waals surface area contributed by atoms with Gasteiger partial charge in [-0.3, -0.25) is 4.79 Å². The fraction of sp³-hybridized carbons (Fsp3) is 0.471. The van der Waals surface area contributed by atoms with Gasteiger partial charge in [-0.1, -0.05) is 17.7 Å². The van der Waals surface area contributed by atoms with E-state index in [0.29, 0.717) is 6.54 Å². The van der Waals surface area contributed by atoms with Gasteiger partial charge in [-0.2, -0.15) is 0 Å². The Morgan fingerprint density at radius 2 is 2.30 bits per heavy atom. The molecule has 2 aliphatic rings. The van der Waals surface area contributed by atoms with Crippen molar-refractivity contribution in [3.63, 3.8) is 0 Å². The third-order valence-electron chi connectivity index (χ3n) is 4.61. The van der Waals surface area contributed by atoms with E-state index in [2.05, 4.69) is 39.9 Å². The lowest BCUT2D eigenvalue weighted by Gasteiger charge is -2.20. The number of carbonyl (C=O) groups excluding carboxylic acids is 1. The summed E-state index contributed by atoms with van der Waals surface area (Å²) in [5, 5.41) is 8.45. The van der Waals surface area contributed by atoms with Crippen LogP contribution >= 0.6 is 11.8 Å². The summed E-state index contributed by atoms with van der Waals surface area (Å²) in [6.45, 7) is 3.61. The van der Waals surface area contributed by atoms with E-state index in [0.717, 1.165) is 37.5 Å². The lowest BCUT2D eigenvalue weighted by Crippen LogP contribution is -2.34. The fourth-order valence-corrected chi connectivity index (χ4v) is 4.74. The number of thioether (sulfide) groups is 1. The average molecular weight is 328 g/mol. The van der Waals surface area contributed by atoms with Crippen molar-refractivity contribution in [3.8, 4) is 0 Å². The highest BCUT2D eigenvalue weighted by molar-refractivity contribution is 8.01. The maximum Gasteiger partial charge on any atom is 0.236 e. The van der Waals surface area contributed by atoms with Gasteiger partial charge in [0.15, 0.2) is 5.82 Å². The predicted molar refractivity (Wildman–Crippen MR) is 89.3 cm³/mol. The molecule has 0 saturated carbocycles. The molecule has 0 spiro atoms. The predicted octanol–water partition coefficient (Wildman–Crippen LogP) is 2.21. The van der Waals surface area contributed by atoms with Gasteiger partial charge < -0.3 is 9.47 Å². The van der Waals surface area contributed by atoms with Gasteiger partial charge in [0.2, 0.25) is 5.91 Å². The largest absolute Gasteiger partial charge is 0.337 e. The molecule has 5 nitrogen and oxygen atoms in total. The van der Waals surface area contributed by atoms with E-state index in [1.165, 1.54) is 16.0 Å². The molecule has 1 unspecified atom stereocenters. The average Bonchev–Trinajstić information content (AvgIpc) is 3.22. The van der Waals surface area contributed by atoms with Crippen LogP contribution in [-0.2, 0) is 30.7 Å². The Hall–Kier alpha value is -1.82. The van der Waals surface area contributed by atoms with Crippen LogP contribution < -0.4 is 0 Å². The van der Waals surface area contributed by atoms with Crippen LogP contribution in [0, 0.1) is 6.92 Å². The summed E-state index contributed by atoms with van der Waals surface area (Å²) in [6.07, 6.45) is 2.95. The Bertz CT molecular complexity index is 770. The van der Waals surface area contributed by atoms with Crippen molar-refractivity contribution in [1.82, 2.24) is 19.7 Å². The molecule has 0 aliphatic carbocycles. The van der Waals surface area contributed by atoms with Gasteiger partial charge in [-0.05, 0) is 31.4 Å². The fourth-order valence-electron chi connectivity index (χ4n) is 3.34. The molecule has 0 radical (unpaired) electrons. The molecular formula is C17H20N4OS. The second-order valence-electron chi connectivity index (χ2n) is 6.40. The highest BCUT2D eigenvalue weighted by Crippen LogP contribution is 2.38. The van der Waals surface area contributed by atoms with Crippen molar-refractivity contribution in [3.05, 3.63) is 41.0 Å². The van der Waals surface area contributed by atoms with Crippen molar-refractivity contribution in [2.24, 2.45) is 0 Å². The van der Waals surface area contributed by atoms with E-state index in [4.69, 9.17) is 0 Å². The summed E-state index contributed by atoms with van der Waals surface area (Å²) in [5.41, 5.74) is 2.53. The van der Waals surface area contributed by atoms with E-state index in [1.54, 1.807) is 16.7 Å². The molecule has 4 rings (SSSR count). The number of benzene rings is 1. The topological polar surface area (TPSA) is 51.0 Å². The van der Waals surface area contributed by atoms with Crippen LogP contribution in [0.3, 0.4) is 0 Å². The van der Waals surface area contributed by atoms with Crippen LogP contribution in [0.4, 0.5) is 0 Å². The number of carbonyl (C=O) groups is 1. The smallest absolute Gasteiger partial charge is 0.236 e. The second-order valence-corrected chi connectivity index (χ2v) is 7.65. The van der Waals surface area contributed by atoms with Crippen LogP contribution in [0.25, 0.3) is 0 Å². The first-order chi connectivity index (χ1) is 11.1. The molecule has 120 valence electrons. The van der Waals surface area contributed by atoms with E-state index in [1.807, 2.05) is 7.05 Å². The number of amides is 1. The minimum atomic E-state index is -0.0160. The molecule has 3 heterocycles. The normalized spacial score (nSPS) is 18.8. The Labute approximate surface area is 140 Å². The van der Waals surface area contributed by atoms with Crippen LogP contribution in [0.1, 0.15) is 29.2 Å². The first-order valence-corrected chi connectivity index (χ1v) is 8.92. The van der Waals surface area contributed by atoms with Gasteiger partial charge in [-0.15, -0.1) is 22.0 Å². The van der Waals surface area contributed by atoms with E-state index in [9.17, 15) is 4.79 Å². The minimum Gasteiger partial charge on any atom is -0.337 e. The molecule has 0 bridgehead atoms. The molecule has 2 aliphatic heterocycles. The van der Waals surface area contributed by atoms with Gasteiger partial charge in [0.05, 0.1) is 11.8 Å². The summed E-state index contributed by atoms with van der Waals surface area (Å²) in [4.78, 5) is 15.8. The van der Waals surface area contributed by atoms with Crippen molar-refractivity contribution in [2.45, 2.75) is 49.4 Å². The maximum atomic E-state index is 12.8. The number of aromatic nitrogens is 3. The molecule has 0 N–H and O–H groups in total.